The normalized spacial score (nSPS) is 10.8. The predicted molar refractivity (Wildman–Crippen MR) is 85.8 cm³/mol. The van der Waals surface area contributed by atoms with E-state index in [9.17, 15) is 4.79 Å². The summed E-state index contributed by atoms with van der Waals surface area (Å²) >= 11 is 0. The van der Waals surface area contributed by atoms with E-state index >= 15 is 0 Å². The van der Waals surface area contributed by atoms with Crippen LogP contribution in [0.5, 0.6) is 0 Å². The molecule has 1 amide bonds. The Bertz CT molecular complexity index is 822. The summed E-state index contributed by atoms with van der Waals surface area (Å²) in [5, 5.41) is 2.91. The molecule has 1 aromatic carbocycles. The van der Waals surface area contributed by atoms with E-state index in [4.69, 9.17) is 0 Å². The lowest BCUT2D eigenvalue weighted by atomic mass is 10.3. The Morgan fingerprint density at radius 2 is 1.91 bits per heavy atom. The van der Waals surface area contributed by atoms with Crippen LogP contribution >= 0.6 is 0 Å². The van der Waals surface area contributed by atoms with E-state index in [-0.39, 0.29) is 5.91 Å². The molecule has 5 heteroatoms. The minimum Gasteiger partial charge on any atom is -0.349 e. The lowest BCUT2D eigenvalue weighted by Crippen LogP contribution is -2.28. The fraction of sp³-hybridized carbons (Fsp3) is 0.235. The zero-order valence-electron chi connectivity index (χ0n) is 12.7. The Morgan fingerprint density at radius 3 is 2.73 bits per heavy atom. The molecule has 0 atom stereocenters. The van der Waals surface area contributed by atoms with Gasteiger partial charge in [0.1, 0.15) is 11.5 Å². The molecule has 2 heterocycles. The molecule has 1 N–H and O–H groups in total. The Balaban J connectivity index is 1.67. The molecule has 0 fully saturated rings. The van der Waals surface area contributed by atoms with E-state index in [2.05, 4.69) is 19.9 Å². The van der Waals surface area contributed by atoms with Crippen molar-refractivity contribution in [1.29, 1.82) is 0 Å². The zero-order valence-corrected chi connectivity index (χ0v) is 12.7. The molecule has 0 unspecified atom stereocenters. The number of aromatic nitrogens is 3. The average Bonchev–Trinajstić information content (AvgIpc) is 2.83. The summed E-state index contributed by atoms with van der Waals surface area (Å²) in [6.07, 6.45) is 0. The quantitative estimate of drug-likeness (QED) is 0.804. The molecule has 3 rings (SSSR count). The van der Waals surface area contributed by atoms with Gasteiger partial charge in [0, 0.05) is 18.8 Å². The van der Waals surface area contributed by atoms with Gasteiger partial charge in [-0.25, -0.2) is 9.97 Å². The van der Waals surface area contributed by atoms with E-state index < -0.39 is 0 Å². The van der Waals surface area contributed by atoms with Crippen LogP contribution in [0.1, 0.15) is 22.0 Å². The summed E-state index contributed by atoms with van der Waals surface area (Å²) in [4.78, 5) is 20.8. The topological polar surface area (TPSA) is 59.8 Å². The highest BCUT2D eigenvalue weighted by Gasteiger charge is 2.09. The van der Waals surface area contributed by atoms with Gasteiger partial charge in [0.25, 0.3) is 5.91 Å². The number of hydrogen-bond acceptors (Lipinski definition) is 3. The number of nitrogens with zero attached hydrogens (tertiary/aromatic N) is 3. The number of fused-ring (bicyclic) bond motifs is 1. The molecule has 0 saturated heterocycles. The largest absolute Gasteiger partial charge is 0.349 e. The van der Waals surface area contributed by atoms with Gasteiger partial charge in [0.2, 0.25) is 0 Å². The highest BCUT2D eigenvalue weighted by molar-refractivity contribution is 5.92. The van der Waals surface area contributed by atoms with Crippen molar-refractivity contribution in [3.05, 3.63) is 59.7 Å². The van der Waals surface area contributed by atoms with Gasteiger partial charge in [0.15, 0.2) is 0 Å². The number of hydrogen-bond donors (Lipinski definition) is 1. The molecule has 5 nitrogen and oxygen atoms in total. The Kier molecular flexibility index (Phi) is 3.87. The molecule has 0 aliphatic carbocycles. The third kappa shape index (κ3) is 2.83. The molecule has 0 spiro atoms. The number of carbonyl (C=O) groups excluding carboxylic acids is 1. The smallest absolute Gasteiger partial charge is 0.269 e. The molecule has 2 aromatic heterocycles. The second-order valence-electron chi connectivity index (χ2n) is 5.22. The first-order chi connectivity index (χ1) is 10.6. The van der Waals surface area contributed by atoms with Crippen LogP contribution in [-0.4, -0.2) is 27.0 Å². The van der Waals surface area contributed by atoms with Crippen LogP contribution < -0.4 is 5.32 Å². The Labute approximate surface area is 129 Å². The Hall–Kier alpha value is -2.69. The van der Waals surface area contributed by atoms with Gasteiger partial charge in [-0.2, -0.15) is 0 Å². The number of para-hydroxylation sites is 2. The number of benzene rings is 1. The molecular weight excluding hydrogens is 276 g/mol. The highest BCUT2D eigenvalue weighted by atomic mass is 16.1. The number of pyridine rings is 1. The van der Waals surface area contributed by atoms with Gasteiger partial charge in [-0.1, -0.05) is 18.2 Å². The van der Waals surface area contributed by atoms with Gasteiger partial charge in [-0.15, -0.1) is 0 Å². The standard InChI is InChI=1S/C17H18N4O/c1-12-6-5-8-15(19-12)17(22)18-10-11-21-13(2)20-14-7-3-4-9-16(14)21/h3-9H,10-11H2,1-2H3,(H,18,22). The minimum atomic E-state index is -0.147. The molecule has 112 valence electrons. The second kappa shape index (κ2) is 5.97. The summed E-state index contributed by atoms with van der Waals surface area (Å²) in [5.74, 6) is 0.801. The van der Waals surface area contributed by atoms with Crippen molar-refractivity contribution in [1.82, 2.24) is 19.9 Å². The van der Waals surface area contributed by atoms with Crippen molar-refractivity contribution in [2.75, 3.05) is 6.54 Å². The number of aryl methyl sites for hydroxylation is 2. The minimum absolute atomic E-state index is 0.147. The van der Waals surface area contributed by atoms with Crippen LogP contribution in [0.2, 0.25) is 0 Å². The first kappa shape index (κ1) is 14.3. The fourth-order valence-corrected chi connectivity index (χ4v) is 2.52. The molecule has 0 saturated carbocycles. The molecular formula is C17H18N4O. The maximum absolute atomic E-state index is 12.1. The van der Waals surface area contributed by atoms with Crippen molar-refractivity contribution in [2.24, 2.45) is 0 Å². The van der Waals surface area contributed by atoms with Gasteiger partial charge < -0.3 is 9.88 Å². The Morgan fingerprint density at radius 1 is 1.09 bits per heavy atom. The summed E-state index contributed by atoms with van der Waals surface area (Å²) in [7, 11) is 0. The monoisotopic (exact) mass is 294 g/mol. The molecule has 0 aliphatic heterocycles. The van der Waals surface area contributed by atoms with E-state index in [0.717, 1.165) is 22.6 Å². The number of nitrogens with one attached hydrogen (secondary N) is 1. The number of rotatable bonds is 4. The molecule has 0 aliphatic rings. The van der Waals surface area contributed by atoms with Gasteiger partial charge in [-0.05, 0) is 38.1 Å². The highest BCUT2D eigenvalue weighted by Crippen LogP contribution is 2.14. The van der Waals surface area contributed by atoms with Gasteiger partial charge in [0.05, 0.1) is 11.0 Å². The molecule has 0 radical (unpaired) electrons. The van der Waals surface area contributed by atoms with Crippen molar-refractivity contribution in [3.8, 4) is 0 Å². The van der Waals surface area contributed by atoms with Crippen LogP contribution in [0.25, 0.3) is 11.0 Å². The summed E-state index contributed by atoms with van der Waals surface area (Å²) in [6, 6.07) is 13.4. The third-order valence-corrected chi connectivity index (χ3v) is 3.59. The third-order valence-electron chi connectivity index (χ3n) is 3.59. The van der Waals surface area contributed by atoms with Crippen molar-refractivity contribution < 1.29 is 4.79 Å². The van der Waals surface area contributed by atoms with E-state index in [1.165, 1.54) is 0 Å². The van der Waals surface area contributed by atoms with Crippen LogP contribution in [0, 0.1) is 13.8 Å². The van der Waals surface area contributed by atoms with E-state index in [0.29, 0.717) is 18.8 Å². The maximum Gasteiger partial charge on any atom is 0.269 e. The van der Waals surface area contributed by atoms with Crippen LogP contribution in [0.4, 0.5) is 0 Å². The summed E-state index contributed by atoms with van der Waals surface area (Å²) in [5.41, 5.74) is 3.35. The van der Waals surface area contributed by atoms with E-state index in [1.54, 1.807) is 6.07 Å². The first-order valence-electron chi connectivity index (χ1n) is 7.29. The van der Waals surface area contributed by atoms with Crippen LogP contribution in [0.15, 0.2) is 42.5 Å². The van der Waals surface area contributed by atoms with Crippen molar-refractivity contribution in [3.63, 3.8) is 0 Å². The number of carbonyl (C=O) groups is 1. The van der Waals surface area contributed by atoms with E-state index in [1.807, 2.05) is 50.2 Å². The summed E-state index contributed by atoms with van der Waals surface area (Å²) in [6.45, 7) is 5.07. The van der Waals surface area contributed by atoms with Crippen LogP contribution in [-0.2, 0) is 6.54 Å². The van der Waals surface area contributed by atoms with Crippen molar-refractivity contribution >= 4 is 16.9 Å². The molecule has 0 bridgehead atoms. The second-order valence-corrected chi connectivity index (χ2v) is 5.22. The number of amides is 1. The lowest BCUT2D eigenvalue weighted by molar-refractivity contribution is 0.0947. The summed E-state index contributed by atoms with van der Waals surface area (Å²) < 4.78 is 2.11. The first-order valence-corrected chi connectivity index (χ1v) is 7.29. The number of imidazole rings is 1. The maximum atomic E-state index is 12.1. The zero-order chi connectivity index (χ0) is 15.5. The van der Waals surface area contributed by atoms with Crippen molar-refractivity contribution in [2.45, 2.75) is 20.4 Å². The van der Waals surface area contributed by atoms with Gasteiger partial charge in [-0.3, -0.25) is 4.79 Å². The molecule has 22 heavy (non-hydrogen) atoms. The lowest BCUT2D eigenvalue weighted by Gasteiger charge is -2.08. The average molecular weight is 294 g/mol. The van der Waals surface area contributed by atoms with Gasteiger partial charge >= 0.3 is 0 Å². The predicted octanol–water partition coefficient (Wildman–Crippen LogP) is 2.48. The molecule has 3 aromatic rings. The van der Waals surface area contributed by atoms with Crippen LogP contribution in [0.3, 0.4) is 0 Å². The SMILES string of the molecule is Cc1cccc(C(=O)NCCn2c(C)nc3ccccc32)n1. The fourth-order valence-electron chi connectivity index (χ4n) is 2.52.